The van der Waals surface area contributed by atoms with Gasteiger partial charge in [-0.2, -0.15) is 0 Å². The SMILES string of the molecule is Clc1cc(Cl)cc(Oc2ncc(Br)cc2Cl)c1. The Morgan fingerprint density at radius 2 is 1.65 bits per heavy atom. The molecule has 0 radical (unpaired) electrons. The second kappa shape index (κ2) is 5.44. The summed E-state index contributed by atoms with van der Waals surface area (Å²) in [6.45, 7) is 0. The normalized spacial score (nSPS) is 10.4. The first kappa shape index (κ1) is 13.0. The fourth-order valence-electron chi connectivity index (χ4n) is 1.18. The predicted octanol–water partition coefficient (Wildman–Crippen LogP) is 5.60. The molecule has 0 atom stereocenters. The summed E-state index contributed by atoms with van der Waals surface area (Å²) < 4.78 is 6.27. The van der Waals surface area contributed by atoms with Crippen molar-refractivity contribution in [2.75, 3.05) is 0 Å². The van der Waals surface area contributed by atoms with Crippen molar-refractivity contribution in [3.8, 4) is 11.6 Å². The average molecular weight is 353 g/mol. The van der Waals surface area contributed by atoms with Crippen LogP contribution in [-0.4, -0.2) is 4.98 Å². The first-order valence-electron chi connectivity index (χ1n) is 4.49. The van der Waals surface area contributed by atoms with E-state index in [1.54, 1.807) is 30.5 Å². The van der Waals surface area contributed by atoms with Gasteiger partial charge >= 0.3 is 0 Å². The molecule has 0 N–H and O–H groups in total. The van der Waals surface area contributed by atoms with Crippen LogP contribution in [0.5, 0.6) is 11.6 Å². The van der Waals surface area contributed by atoms with Crippen LogP contribution in [-0.2, 0) is 0 Å². The number of ether oxygens (including phenoxy) is 1. The number of rotatable bonds is 2. The molecule has 1 heterocycles. The highest BCUT2D eigenvalue weighted by atomic mass is 79.9. The zero-order valence-corrected chi connectivity index (χ0v) is 12.1. The lowest BCUT2D eigenvalue weighted by Gasteiger charge is -2.07. The molecule has 1 aromatic heterocycles. The van der Waals surface area contributed by atoms with Crippen LogP contribution in [0.4, 0.5) is 0 Å². The number of benzene rings is 1. The highest BCUT2D eigenvalue weighted by Gasteiger charge is 2.07. The van der Waals surface area contributed by atoms with Gasteiger partial charge in [-0.25, -0.2) is 4.98 Å². The third-order valence-corrected chi connectivity index (χ3v) is 2.97. The lowest BCUT2D eigenvalue weighted by molar-refractivity contribution is 0.463. The third kappa shape index (κ3) is 3.49. The Hall–Kier alpha value is -0.480. The molecule has 17 heavy (non-hydrogen) atoms. The van der Waals surface area contributed by atoms with Gasteiger partial charge < -0.3 is 4.74 Å². The van der Waals surface area contributed by atoms with Gasteiger partial charge in [-0.3, -0.25) is 0 Å². The minimum Gasteiger partial charge on any atom is -0.437 e. The summed E-state index contributed by atoms with van der Waals surface area (Å²) in [5, 5.41) is 1.37. The molecule has 0 spiro atoms. The van der Waals surface area contributed by atoms with E-state index in [1.807, 2.05) is 0 Å². The van der Waals surface area contributed by atoms with Gasteiger partial charge in [-0.1, -0.05) is 34.8 Å². The van der Waals surface area contributed by atoms with Crippen LogP contribution in [0, 0.1) is 0 Å². The highest BCUT2D eigenvalue weighted by Crippen LogP contribution is 2.32. The van der Waals surface area contributed by atoms with Crippen LogP contribution in [0.2, 0.25) is 15.1 Å². The Morgan fingerprint density at radius 3 is 2.24 bits per heavy atom. The quantitative estimate of drug-likeness (QED) is 0.701. The summed E-state index contributed by atoms with van der Waals surface area (Å²) in [6, 6.07) is 6.57. The fourth-order valence-corrected chi connectivity index (χ4v) is 2.35. The minimum absolute atomic E-state index is 0.299. The molecule has 2 rings (SSSR count). The van der Waals surface area contributed by atoms with Gasteiger partial charge in [0.15, 0.2) is 0 Å². The number of aromatic nitrogens is 1. The first-order valence-corrected chi connectivity index (χ1v) is 6.42. The second-order valence-electron chi connectivity index (χ2n) is 3.15. The Kier molecular flexibility index (Phi) is 4.15. The maximum absolute atomic E-state index is 5.98. The molecule has 1 aromatic carbocycles. The summed E-state index contributed by atoms with van der Waals surface area (Å²) in [6.07, 6.45) is 1.59. The summed E-state index contributed by atoms with van der Waals surface area (Å²) in [5.41, 5.74) is 0. The zero-order chi connectivity index (χ0) is 12.4. The van der Waals surface area contributed by atoms with E-state index in [9.17, 15) is 0 Å². The first-order chi connectivity index (χ1) is 8.04. The number of pyridine rings is 1. The molecule has 0 unspecified atom stereocenters. The van der Waals surface area contributed by atoms with Crippen LogP contribution in [0.15, 0.2) is 34.9 Å². The highest BCUT2D eigenvalue weighted by molar-refractivity contribution is 9.10. The van der Waals surface area contributed by atoms with Crippen molar-refractivity contribution in [2.45, 2.75) is 0 Å². The summed E-state index contributed by atoms with van der Waals surface area (Å²) in [4.78, 5) is 4.05. The Labute approximate surface area is 122 Å². The fraction of sp³-hybridized carbons (Fsp3) is 0. The molecule has 88 valence electrons. The topological polar surface area (TPSA) is 22.1 Å². The minimum atomic E-state index is 0.299. The molecule has 0 bridgehead atoms. The van der Waals surface area contributed by atoms with Crippen LogP contribution in [0.3, 0.4) is 0 Å². The van der Waals surface area contributed by atoms with Gasteiger partial charge in [0.2, 0.25) is 5.88 Å². The molecule has 2 aromatic rings. The van der Waals surface area contributed by atoms with Gasteiger partial charge in [-0.15, -0.1) is 0 Å². The van der Waals surface area contributed by atoms with E-state index in [1.165, 1.54) is 0 Å². The standard InChI is InChI=1S/C11H5BrCl3NO/c12-6-1-10(15)11(16-5-6)17-9-3-7(13)2-8(14)4-9/h1-5H. The van der Waals surface area contributed by atoms with E-state index in [0.717, 1.165) is 4.47 Å². The van der Waals surface area contributed by atoms with Crippen molar-refractivity contribution >= 4 is 50.7 Å². The smallest absolute Gasteiger partial charge is 0.238 e. The Bertz CT molecular complexity index is 542. The summed E-state index contributed by atoms with van der Waals surface area (Å²) >= 11 is 20.9. The second-order valence-corrected chi connectivity index (χ2v) is 5.34. The van der Waals surface area contributed by atoms with Crippen LogP contribution >= 0.6 is 50.7 Å². The number of hydrogen-bond acceptors (Lipinski definition) is 2. The van der Waals surface area contributed by atoms with Crippen molar-refractivity contribution in [1.82, 2.24) is 4.98 Å². The molecule has 0 saturated carbocycles. The maximum Gasteiger partial charge on any atom is 0.238 e. The van der Waals surface area contributed by atoms with Crippen molar-refractivity contribution in [2.24, 2.45) is 0 Å². The van der Waals surface area contributed by atoms with E-state index in [2.05, 4.69) is 20.9 Å². The van der Waals surface area contributed by atoms with E-state index in [0.29, 0.717) is 26.7 Å². The molecule has 0 aliphatic rings. The largest absolute Gasteiger partial charge is 0.437 e. The van der Waals surface area contributed by atoms with E-state index in [-0.39, 0.29) is 0 Å². The van der Waals surface area contributed by atoms with Crippen molar-refractivity contribution in [1.29, 1.82) is 0 Å². The van der Waals surface area contributed by atoms with Gasteiger partial charge in [0.25, 0.3) is 0 Å². The lowest BCUT2D eigenvalue weighted by Crippen LogP contribution is -1.89. The third-order valence-electron chi connectivity index (χ3n) is 1.82. The average Bonchev–Trinajstić information content (AvgIpc) is 2.21. The zero-order valence-electron chi connectivity index (χ0n) is 8.25. The maximum atomic E-state index is 5.98. The van der Waals surface area contributed by atoms with E-state index in [4.69, 9.17) is 39.5 Å². The van der Waals surface area contributed by atoms with Crippen molar-refractivity contribution < 1.29 is 4.74 Å². The molecule has 6 heteroatoms. The van der Waals surface area contributed by atoms with Crippen LogP contribution in [0.1, 0.15) is 0 Å². The molecule has 0 aliphatic carbocycles. The Balaban J connectivity index is 2.31. The van der Waals surface area contributed by atoms with Crippen molar-refractivity contribution in [3.63, 3.8) is 0 Å². The van der Waals surface area contributed by atoms with Crippen LogP contribution < -0.4 is 4.74 Å². The lowest BCUT2D eigenvalue weighted by atomic mass is 10.3. The Morgan fingerprint density at radius 1 is 1.00 bits per heavy atom. The van der Waals surface area contributed by atoms with Gasteiger partial charge in [0.1, 0.15) is 10.8 Å². The van der Waals surface area contributed by atoms with Gasteiger partial charge in [-0.05, 0) is 40.2 Å². The molecular weight excluding hydrogens is 348 g/mol. The molecule has 0 amide bonds. The molecule has 0 fully saturated rings. The van der Waals surface area contributed by atoms with Gasteiger partial charge in [0, 0.05) is 20.7 Å². The van der Waals surface area contributed by atoms with E-state index < -0.39 is 0 Å². The number of halogens is 4. The van der Waals surface area contributed by atoms with Gasteiger partial charge in [0.05, 0.1) is 0 Å². The van der Waals surface area contributed by atoms with E-state index >= 15 is 0 Å². The summed E-state index contributed by atoms with van der Waals surface area (Å²) in [5.74, 6) is 0.785. The monoisotopic (exact) mass is 351 g/mol. The molecular formula is C11H5BrCl3NO. The predicted molar refractivity (Wildman–Crippen MR) is 73.5 cm³/mol. The van der Waals surface area contributed by atoms with Crippen LogP contribution in [0.25, 0.3) is 0 Å². The summed E-state index contributed by atoms with van der Waals surface area (Å²) in [7, 11) is 0. The number of hydrogen-bond donors (Lipinski definition) is 0. The molecule has 0 aliphatic heterocycles. The van der Waals surface area contributed by atoms with Crippen molar-refractivity contribution in [3.05, 3.63) is 50.0 Å². The molecule has 0 saturated heterocycles. The molecule has 2 nitrogen and oxygen atoms in total. The number of nitrogens with zero attached hydrogens (tertiary/aromatic N) is 1.